The summed E-state index contributed by atoms with van der Waals surface area (Å²) in [5.74, 6) is 0.0789. The quantitative estimate of drug-likeness (QED) is 0.537. The zero-order valence-corrected chi connectivity index (χ0v) is 19.2. The standard InChI is InChI=1S/C19H30N4O6.C2H6/c1-15(2)29-14-18(26)21-6-10-23(11-7-21)19(27)22-8-4-20(5-9-22)17(25)13-28-12-16(3)24;1-2/h1,4-14H2,2-3H3;1-2H3. The second-order valence-corrected chi connectivity index (χ2v) is 7.20. The van der Waals surface area contributed by atoms with E-state index in [1.54, 1.807) is 26.5 Å². The van der Waals surface area contributed by atoms with Gasteiger partial charge in [-0.05, 0) is 13.8 Å². The minimum atomic E-state index is -0.178. The van der Waals surface area contributed by atoms with Crippen LogP contribution in [0, 0.1) is 0 Å². The molecule has 0 saturated carbocycles. The van der Waals surface area contributed by atoms with Gasteiger partial charge in [0.1, 0.15) is 13.2 Å². The van der Waals surface area contributed by atoms with Gasteiger partial charge >= 0.3 is 6.03 Å². The molecular weight excluding hydrogens is 404 g/mol. The zero-order valence-electron chi connectivity index (χ0n) is 19.2. The number of allylic oxidation sites excluding steroid dienone is 1. The summed E-state index contributed by atoms with van der Waals surface area (Å²) in [7, 11) is 0. The summed E-state index contributed by atoms with van der Waals surface area (Å²) in [5, 5.41) is 0. The molecule has 0 unspecified atom stereocenters. The number of piperazine rings is 2. The first-order chi connectivity index (χ1) is 14.8. The van der Waals surface area contributed by atoms with Gasteiger partial charge in [-0.3, -0.25) is 14.4 Å². The van der Waals surface area contributed by atoms with Crippen molar-refractivity contribution in [2.24, 2.45) is 0 Å². The first kappa shape index (κ1) is 26.4. The molecule has 10 heteroatoms. The third kappa shape index (κ3) is 8.95. The monoisotopic (exact) mass is 440 g/mol. The Bertz CT molecular complexity index is 638. The summed E-state index contributed by atoms with van der Waals surface area (Å²) >= 11 is 0. The normalized spacial score (nSPS) is 16.3. The predicted octanol–water partition coefficient (Wildman–Crippen LogP) is 0.577. The SMILES string of the molecule is C=C(C)OCC(=O)N1CCN(C(=O)N2CCN(C(=O)COCC(C)=O)CC2)CC1.CC. The number of ether oxygens (including phenoxy) is 2. The van der Waals surface area contributed by atoms with Crippen LogP contribution in [-0.2, 0) is 23.9 Å². The van der Waals surface area contributed by atoms with Gasteiger partial charge in [0.15, 0.2) is 12.4 Å². The summed E-state index contributed by atoms with van der Waals surface area (Å²) in [5.41, 5.74) is 0. The molecule has 2 rings (SSSR count). The summed E-state index contributed by atoms with van der Waals surface area (Å²) in [6, 6.07) is -0.0739. The van der Waals surface area contributed by atoms with Gasteiger partial charge in [0, 0.05) is 52.4 Å². The number of carbonyl (C=O) groups is 4. The molecule has 2 aliphatic rings. The van der Waals surface area contributed by atoms with Crippen LogP contribution in [0.25, 0.3) is 0 Å². The second kappa shape index (κ2) is 13.6. The minimum Gasteiger partial charge on any atom is -0.489 e. The average Bonchev–Trinajstić information content (AvgIpc) is 2.78. The molecule has 4 amide bonds. The molecule has 2 saturated heterocycles. The maximum Gasteiger partial charge on any atom is 0.320 e. The van der Waals surface area contributed by atoms with Gasteiger partial charge in [0.05, 0.1) is 5.76 Å². The second-order valence-electron chi connectivity index (χ2n) is 7.20. The topological polar surface area (TPSA) is 99.7 Å². The van der Waals surface area contributed by atoms with Crippen molar-refractivity contribution in [3.63, 3.8) is 0 Å². The predicted molar refractivity (Wildman–Crippen MR) is 115 cm³/mol. The van der Waals surface area contributed by atoms with E-state index >= 15 is 0 Å². The lowest BCUT2D eigenvalue weighted by Gasteiger charge is -2.40. The van der Waals surface area contributed by atoms with Gasteiger partial charge < -0.3 is 29.1 Å². The van der Waals surface area contributed by atoms with E-state index in [1.807, 2.05) is 13.8 Å². The van der Waals surface area contributed by atoms with Crippen LogP contribution < -0.4 is 0 Å². The number of hydrogen-bond acceptors (Lipinski definition) is 6. The highest BCUT2D eigenvalue weighted by atomic mass is 16.5. The Balaban J connectivity index is 0.00000233. The number of rotatable bonds is 7. The van der Waals surface area contributed by atoms with Gasteiger partial charge in [-0.25, -0.2) is 4.79 Å². The lowest BCUT2D eigenvalue weighted by Crippen LogP contribution is -2.58. The Kier molecular flexibility index (Phi) is 11.6. The van der Waals surface area contributed by atoms with Crippen LogP contribution in [0.15, 0.2) is 12.3 Å². The first-order valence-electron chi connectivity index (χ1n) is 10.7. The third-order valence-electron chi connectivity index (χ3n) is 4.78. The molecule has 0 spiro atoms. The molecule has 10 nitrogen and oxygen atoms in total. The van der Waals surface area contributed by atoms with Gasteiger partial charge in [-0.2, -0.15) is 0 Å². The fourth-order valence-electron chi connectivity index (χ4n) is 3.14. The molecule has 2 fully saturated rings. The molecule has 0 aliphatic carbocycles. The van der Waals surface area contributed by atoms with E-state index in [9.17, 15) is 19.2 Å². The van der Waals surface area contributed by atoms with Crippen LogP contribution in [0.1, 0.15) is 27.7 Å². The van der Waals surface area contributed by atoms with Crippen LogP contribution in [0.3, 0.4) is 0 Å². The third-order valence-corrected chi connectivity index (χ3v) is 4.78. The van der Waals surface area contributed by atoms with Gasteiger partial charge in [0.25, 0.3) is 5.91 Å². The maximum atomic E-state index is 12.7. The number of urea groups is 1. The molecule has 0 aromatic rings. The molecule has 0 N–H and O–H groups in total. The fourth-order valence-corrected chi connectivity index (χ4v) is 3.14. The molecule has 0 bridgehead atoms. The van der Waals surface area contributed by atoms with Crippen molar-refractivity contribution >= 4 is 23.6 Å². The van der Waals surface area contributed by atoms with E-state index < -0.39 is 0 Å². The van der Waals surface area contributed by atoms with E-state index in [4.69, 9.17) is 9.47 Å². The van der Waals surface area contributed by atoms with Gasteiger partial charge in [-0.1, -0.05) is 20.4 Å². The van der Waals surface area contributed by atoms with Gasteiger partial charge in [-0.15, -0.1) is 0 Å². The van der Waals surface area contributed by atoms with E-state index in [-0.39, 0.29) is 43.4 Å². The summed E-state index contributed by atoms with van der Waals surface area (Å²) in [6.45, 7) is 14.1. The molecule has 0 aromatic carbocycles. The highest BCUT2D eigenvalue weighted by molar-refractivity contribution is 5.80. The molecule has 31 heavy (non-hydrogen) atoms. The van der Waals surface area contributed by atoms with Crippen LogP contribution >= 0.6 is 0 Å². The number of carbonyl (C=O) groups excluding carboxylic acids is 4. The molecule has 176 valence electrons. The van der Waals surface area contributed by atoms with E-state index in [0.717, 1.165) is 0 Å². The van der Waals surface area contributed by atoms with Crippen molar-refractivity contribution in [2.75, 3.05) is 72.2 Å². The van der Waals surface area contributed by atoms with Crippen molar-refractivity contribution in [3.8, 4) is 0 Å². The maximum absolute atomic E-state index is 12.7. The minimum absolute atomic E-state index is 0.0323. The Morgan fingerprint density at radius 2 is 1.06 bits per heavy atom. The molecule has 2 aliphatic heterocycles. The van der Waals surface area contributed by atoms with Gasteiger partial charge in [0.2, 0.25) is 5.91 Å². The average molecular weight is 441 g/mol. The Morgan fingerprint density at radius 1 is 0.677 bits per heavy atom. The molecule has 0 aromatic heterocycles. The van der Waals surface area contributed by atoms with E-state index in [2.05, 4.69) is 6.58 Å². The summed E-state index contributed by atoms with van der Waals surface area (Å²) in [4.78, 5) is 54.5. The van der Waals surface area contributed by atoms with Crippen molar-refractivity contribution in [1.29, 1.82) is 0 Å². The van der Waals surface area contributed by atoms with Crippen LogP contribution in [0.2, 0.25) is 0 Å². The van der Waals surface area contributed by atoms with Crippen molar-refractivity contribution in [2.45, 2.75) is 27.7 Å². The van der Waals surface area contributed by atoms with Crippen LogP contribution in [-0.4, -0.2) is 115 Å². The Morgan fingerprint density at radius 3 is 1.45 bits per heavy atom. The van der Waals surface area contributed by atoms with Crippen LogP contribution in [0.4, 0.5) is 4.79 Å². The van der Waals surface area contributed by atoms with E-state index in [0.29, 0.717) is 58.1 Å². The lowest BCUT2D eigenvalue weighted by atomic mass is 10.3. The van der Waals surface area contributed by atoms with Crippen molar-refractivity contribution < 1.29 is 28.7 Å². The summed E-state index contributed by atoms with van der Waals surface area (Å²) in [6.07, 6.45) is 0. The Hall–Kier alpha value is -2.62. The largest absolute Gasteiger partial charge is 0.489 e. The number of ketones is 1. The fraction of sp³-hybridized carbons (Fsp3) is 0.714. The Labute approximate surface area is 184 Å². The molecule has 2 heterocycles. The highest BCUT2D eigenvalue weighted by Gasteiger charge is 2.30. The molecule has 0 atom stereocenters. The van der Waals surface area contributed by atoms with Crippen molar-refractivity contribution in [3.05, 3.63) is 12.3 Å². The number of amides is 4. The lowest BCUT2D eigenvalue weighted by molar-refractivity contribution is -0.139. The van der Waals surface area contributed by atoms with Crippen LogP contribution in [0.5, 0.6) is 0 Å². The molecule has 0 radical (unpaired) electrons. The highest BCUT2D eigenvalue weighted by Crippen LogP contribution is 2.10. The zero-order chi connectivity index (χ0) is 23.4. The molecular formula is C21H36N4O6. The van der Waals surface area contributed by atoms with E-state index in [1.165, 1.54) is 6.92 Å². The summed E-state index contributed by atoms with van der Waals surface area (Å²) < 4.78 is 10.2. The number of Topliss-reactive ketones (excluding diaryl/α,β-unsaturated/α-hetero) is 1. The van der Waals surface area contributed by atoms with Crippen molar-refractivity contribution in [1.82, 2.24) is 19.6 Å². The number of hydrogen-bond donors (Lipinski definition) is 0. The first-order valence-corrected chi connectivity index (χ1v) is 10.7. The number of nitrogens with zero attached hydrogens (tertiary/aromatic N) is 4. The smallest absolute Gasteiger partial charge is 0.320 e.